The minimum absolute atomic E-state index is 0.0929. The van der Waals surface area contributed by atoms with Crippen molar-refractivity contribution in [2.24, 2.45) is 0 Å². The minimum Gasteiger partial charge on any atom is -0.449 e. The van der Waals surface area contributed by atoms with Gasteiger partial charge in [0.05, 0.1) is 5.69 Å². The van der Waals surface area contributed by atoms with Crippen LogP contribution in [0.15, 0.2) is 46.0 Å². The molecule has 1 aromatic carbocycles. The van der Waals surface area contributed by atoms with E-state index in [9.17, 15) is 4.79 Å². The Morgan fingerprint density at radius 1 is 1.26 bits per heavy atom. The van der Waals surface area contributed by atoms with Crippen LogP contribution in [-0.4, -0.2) is 27.3 Å². The largest absolute Gasteiger partial charge is 0.449 e. The van der Waals surface area contributed by atoms with E-state index in [-0.39, 0.29) is 5.91 Å². The Morgan fingerprint density at radius 2 is 2.07 bits per heavy atom. The van der Waals surface area contributed by atoms with Crippen molar-refractivity contribution < 1.29 is 13.9 Å². The van der Waals surface area contributed by atoms with Crippen LogP contribution < -0.4 is 9.64 Å². The van der Waals surface area contributed by atoms with Crippen LogP contribution in [0.5, 0.6) is 5.88 Å². The fourth-order valence-electron chi connectivity index (χ4n) is 2.89. The molecule has 0 saturated heterocycles. The summed E-state index contributed by atoms with van der Waals surface area (Å²) in [6, 6.07) is 11.2. The van der Waals surface area contributed by atoms with Gasteiger partial charge in [0.1, 0.15) is 0 Å². The number of carbonyl (C=O) groups is 1. The minimum atomic E-state index is -0.783. The van der Waals surface area contributed by atoms with E-state index < -0.39 is 6.23 Å². The van der Waals surface area contributed by atoms with Crippen molar-refractivity contribution in [2.75, 3.05) is 11.2 Å². The molecule has 0 bridgehead atoms. The fourth-order valence-corrected chi connectivity index (χ4v) is 3.62. The highest BCUT2D eigenvalue weighted by Gasteiger charge is 2.36. The van der Waals surface area contributed by atoms with E-state index in [2.05, 4.69) is 37.8 Å². The van der Waals surface area contributed by atoms with E-state index in [1.807, 2.05) is 43.5 Å². The van der Waals surface area contributed by atoms with Crippen LogP contribution >= 0.6 is 34.4 Å². The Morgan fingerprint density at radius 3 is 2.78 bits per heavy atom. The molecular weight excluding hydrogens is 479 g/mol. The summed E-state index contributed by atoms with van der Waals surface area (Å²) < 4.78 is 12.7. The summed E-state index contributed by atoms with van der Waals surface area (Å²) in [6.45, 7) is 1.82. The highest BCUT2D eigenvalue weighted by atomic mass is 127. The van der Waals surface area contributed by atoms with E-state index in [0.29, 0.717) is 38.4 Å². The monoisotopic (exact) mass is 494 g/mol. The number of fused-ring (bicyclic) bond motifs is 3. The van der Waals surface area contributed by atoms with Gasteiger partial charge in [0.25, 0.3) is 0 Å². The Bertz CT molecular complexity index is 1010. The fraction of sp³-hybridized carbons (Fsp3) is 0.222. The summed E-state index contributed by atoms with van der Waals surface area (Å²) in [6.07, 6.45) is 1.40. The third kappa shape index (κ3) is 3.29. The van der Waals surface area contributed by atoms with Crippen LogP contribution in [0, 0.1) is 3.77 Å². The van der Waals surface area contributed by atoms with Gasteiger partial charge in [-0.2, -0.15) is 4.98 Å². The number of ether oxygens (including phenoxy) is 1. The maximum atomic E-state index is 12.9. The number of thioether (sulfide) groups is 1. The molecular formula is C18H15IN4O3S. The zero-order chi connectivity index (χ0) is 19.0. The van der Waals surface area contributed by atoms with E-state index in [0.717, 1.165) is 5.56 Å². The number of hydrogen-bond donors (Lipinski definition) is 0. The first-order valence-electron chi connectivity index (χ1n) is 8.24. The molecule has 9 heteroatoms. The quantitative estimate of drug-likeness (QED) is 0.397. The number of amides is 1. The lowest BCUT2D eigenvalue weighted by molar-refractivity contribution is -0.120. The van der Waals surface area contributed by atoms with Gasteiger partial charge in [0, 0.05) is 12.0 Å². The number of furan rings is 1. The number of para-hydroxylation sites is 1. The van der Waals surface area contributed by atoms with Crippen LogP contribution in [-0.2, 0) is 4.79 Å². The molecule has 3 heterocycles. The lowest BCUT2D eigenvalue weighted by Gasteiger charge is -2.28. The van der Waals surface area contributed by atoms with E-state index in [1.165, 1.54) is 11.8 Å². The highest BCUT2D eigenvalue weighted by molar-refractivity contribution is 14.1. The number of hydrogen-bond acceptors (Lipinski definition) is 7. The predicted octanol–water partition coefficient (Wildman–Crippen LogP) is 4.29. The van der Waals surface area contributed by atoms with Crippen molar-refractivity contribution in [3.63, 3.8) is 0 Å². The second kappa shape index (κ2) is 7.47. The summed E-state index contributed by atoms with van der Waals surface area (Å²) in [5, 5.41) is 8.95. The molecule has 1 amide bonds. The van der Waals surface area contributed by atoms with Crippen molar-refractivity contribution in [2.45, 2.75) is 24.7 Å². The third-order valence-electron chi connectivity index (χ3n) is 4.10. The summed E-state index contributed by atoms with van der Waals surface area (Å²) in [5.74, 6) is 0.752. The number of rotatable bonds is 3. The smallest absolute Gasteiger partial charge is 0.247 e. The summed E-state index contributed by atoms with van der Waals surface area (Å²) >= 11 is 3.46. The molecule has 1 aliphatic heterocycles. The molecule has 3 aromatic rings. The van der Waals surface area contributed by atoms with Crippen molar-refractivity contribution in [3.05, 3.63) is 45.9 Å². The molecule has 1 aliphatic rings. The molecule has 7 nitrogen and oxygen atoms in total. The molecule has 0 fully saturated rings. The van der Waals surface area contributed by atoms with Gasteiger partial charge in [-0.25, -0.2) is 0 Å². The van der Waals surface area contributed by atoms with Gasteiger partial charge in [-0.3, -0.25) is 9.69 Å². The van der Waals surface area contributed by atoms with Crippen molar-refractivity contribution in [1.29, 1.82) is 0 Å². The highest BCUT2D eigenvalue weighted by Crippen LogP contribution is 2.43. The van der Waals surface area contributed by atoms with E-state index in [4.69, 9.17) is 9.15 Å². The van der Waals surface area contributed by atoms with Gasteiger partial charge in [-0.15, -0.1) is 10.2 Å². The van der Waals surface area contributed by atoms with Crippen molar-refractivity contribution in [1.82, 2.24) is 15.2 Å². The standard InChI is InChI=1S/C18H15IN4O3S/c1-3-14(24)23-11-7-5-4-6-10(11)15-16(20-18(27-2)22-21-15)26-17(23)12-8-9-13(19)25-12/h4-9,17H,3H2,1-2H3/t17-/m0/s1. The summed E-state index contributed by atoms with van der Waals surface area (Å²) in [4.78, 5) is 19.0. The summed E-state index contributed by atoms with van der Waals surface area (Å²) in [7, 11) is 0. The number of benzene rings is 1. The number of anilines is 1. The molecule has 0 N–H and O–H groups in total. The predicted molar refractivity (Wildman–Crippen MR) is 110 cm³/mol. The summed E-state index contributed by atoms with van der Waals surface area (Å²) in [5.41, 5.74) is 1.93. The molecule has 4 rings (SSSR count). The lowest BCUT2D eigenvalue weighted by atomic mass is 10.1. The van der Waals surface area contributed by atoms with Crippen LogP contribution in [0.1, 0.15) is 25.3 Å². The van der Waals surface area contributed by atoms with Gasteiger partial charge < -0.3 is 9.15 Å². The van der Waals surface area contributed by atoms with Gasteiger partial charge in [-0.05, 0) is 47.0 Å². The van der Waals surface area contributed by atoms with E-state index in [1.54, 1.807) is 11.0 Å². The van der Waals surface area contributed by atoms with Gasteiger partial charge in [0.15, 0.2) is 15.2 Å². The Hall–Kier alpha value is -2.14. The SMILES string of the molecule is CCC(=O)N1c2ccccc2-c2nnc(SC)nc2O[C@H]1c1ccc(I)o1. The third-order valence-corrected chi connectivity index (χ3v) is 5.22. The lowest BCUT2D eigenvalue weighted by Crippen LogP contribution is -2.37. The van der Waals surface area contributed by atoms with E-state index >= 15 is 0 Å². The molecule has 0 unspecified atom stereocenters. The average molecular weight is 494 g/mol. The Balaban J connectivity index is 1.97. The van der Waals surface area contributed by atoms with Crippen molar-refractivity contribution in [3.8, 4) is 17.1 Å². The number of aromatic nitrogens is 3. The molecule has 0 spiro atoms. The Kier molecular flexibility index (Phi) is 5.04. The average Bonchev–Trinajstić information content (AvgIpc) is 3.07. The molecule has 1 atom stereocenters. The van der Waals surface area contributed by atoms with Crippen molar-refractivity contribution >= 4 is 45.9 Å². The molecule has 27 heavy (non-hydrogen) atoms. The molecule has 0 saturated carbocycles. The van der Waals surface area contributed by atoms with Gasteiger partial charge >= 0.3 is 0 Å². The maximum absolute atomic E-state index is 12.9. The second-order valence-electron chi connectivity index (χ2n) is 5.70. The van der Waals surface area contributed by atoms with Crippen LogP contribution in [0.2, 0.25) is 0 Å². The molecule has 0 aliphatic carbocycles. The van der Waals surface area contributed by atoms with Crippen LogP contribution in [0.25, 0.3) is 11.3 Å². The second-order valence-corrected chi connectivity index (χ2v) is 7.54. The topological polar surface area (TPSA) is 81.4 Å². The van der Waals surface area contributed by atoms with Gasteiger partial charge in [0.2, 0.25) is 23.2 Å². The molecule has 2 aromatic heterocycles. The molecule has 0 radical (unpaired) electrons. The first kappa shape index (κ1) is 18.2. The zero-order valence-corrected chi connectivity index (χ0v) is 17.5. The number of halogens is 1. The van der Waals surface area contributed by atoms with Crippen LogP contribution in [0.3, 0.4) is 0 Å². The Labute approximate surface area is 173 Å². The normalized spacial score (nSPS) is 15.5. The van der Waals surface area contributed by atoms with Crippen LogP contribution in [0.4, 0.5) is 5.69 Å². The first-order valence-corrected chi connectivity index (χ1v) is 10.5. The van der Waals surface area contributed by atoms with Gasteiger partial charge in [-0.1, -0.05) is 36.9 Å². The zero-order valence-electron chi connectivity index (χ0n) is 14.5. The first-order chi connectivity index (χ1) is 13.1. The number of nitrogens with zero attached hydrogens (tertiary/aromatic N) is 4. The molecule has 138 valence electrons. The number of carbonyl (C=O) groups excluding carboxylic acids is 1. The maximum Gasteiger partial charge on any atom is 0.247 e.